The van der Waals surface area contributed by atoms with Crippen LogP contribution in [0.1, 0.15) is 47.0 Å². The monoisotopic (exact) mass is 232 g/mol. The molecule has 1 heteroatoms. The van der Waals surface area contributed by atoms with Crippen molar-refractivity contribution >= 4 is 15.9 Å². The van der Waals surface area contributed by atoms with E-state index in [1.807, 2.05) is 0 Å². The lowest BCUT2D eigenvalue weighted by molar-refractivity contribution is 0.363. The lowest BCUT2D eigenvalue weighted by Crippen LogP contribution is -2.11. The molecule has 0 radical (unpaired) electrons. The maximum absolute atomic E-state index is 3.66. The number of halogens is 1. The molecule has 1 fully saturated rings. The second kappa shape index (κ2) is 3.32. The maximum Gasteiger partial charge on any atom is 0.00932 e. The Morgan fingerprint density at radius 1 is 1.33 bits per heavy atom. The van der Waals surface area contributed by atoms with Crippen LogP contribution in [-0.4, -0.2) is 5.33 Å². The second-order valence-electron chi connectivity index (χ2n) is 5.41. The van der Waals surface area contributed by atoms with E-state index >= 15 is 0 Å². The van der Waals surface area contributed by atoms with Gasteiger partial charge in [-0.2, -0.15) is 0 Å². The Morgan fingerprint density at radius 2 is 1.83 bits per heavy atom. The highest BCUT2D eigenvalue weighted by Gasteiger charge is 2.59. The minimum absolute atomic E-state index is 0.603. The summed E-state index contributed by atoms with van der Waals surface area (Å²) in [4.78, 5) is 0. The summed E-state index contributed by atoms with van der Waals surface area (Å²) in [6.45, 7) is 9.43. The van der Waals surface area contributed by atoms with E-state index in [1.54, 1.807) is 0 Å². The highest BCUT2D eigenvalue weighted by Crippen LogP contribution is 2.66. The first-order valence-electron chi connectivity index (χ1n) is 4.99. The Bertz CT molecular complexity index is 160. The topological polar surface area (TPSA) is 0 Å². The smallest absolute Gasteiger partial charge is 0.00932 e. The SMILES string of the molecule is CC(C)CCC1(CBr)CC1(C)C. The first-order chi connectivity index (χ1) is 5.43. The van der Waals surface area contributed by atoms with E-state index < -0.39 is 0 Å². The van der Waals surface area contributed by atoms with Crippen molar-refractivity contribution in [2.24, 2.45) is 16.7 Å². The largest absolute Gasteiger partial charge is 0.0922 e. The van der Waals surface area contributed by atoms with Gasteiger partial charge in [0.2, 0.25) is 0 Å². The average Bonchev–Trinajstić information content (AvgIpc) is 2.51. The van der Waals surface area contributed by atoms with Crippen LogP contribution in [0.2, 0.25) is 0 Å². The third kappa shape index (κ3) is 1.86. The maximum atomic E-state index is 3.66. The normalized spacial score (nSPS) is 32.5. The van der Waals surface area contributed by atoms with E-state index in [4.69, 9.17) is 0 Å². The molecule has 12 heavy (non-hydrogen) atoms. The Kier molecular flexibility index (Phi) is 2.92. The molecule has 0 bridgehead atoms. The fourth-order valence-electron chi connectivity index (χ4n) is 2.09. The minimum Gasteiger partial charge on any atom is -0.0922 e. The number of rotatable bonds is 4. The van der Waals surface area contributed by atoms with Crippen molar-refractivity contribution in [2.45, 2.75) is 47.0 Å². The summed E-state index contributed by atoms with van der Waals surface area (Å²) in [5.41, 5.74) is 1.24. The predicted octanol–water partition coefficient (Wildman–Crippen LogP) is 4.23. The molecule has 1 atom stereocenters. The summed E-state index contributed by atoms with van der Waals surface area (Å²) in [6, 6.07) is 0. The fourth-order valence-corrected chi connectivity index (χ4v) is 3.33. The molecule has 1 aliphatic rings. The van der Waals surface area contributed by atoms with E-state index in [2.05, 4.69) is 43.6 Å². The number of alkyl halides is 1. The van der Waals surface area contributed by atoms with Crippen LogP contribution in [0.15, 0.2) is 0 Å². The van der Waals surface area contributed by atoms with E-state index in [9.17, 15) is 0 Å². The van der Waals surface area contributed by atoms with Crippen molar-refractivity contribution in [2.75, 3.05) is 5.33 Å². The van der Waals surface area contributed by atoms with Gasteiger partial charge in [-0.05, 0) is 29.6 Å². The van der Waals surface area contributed by atoms with E-state index in [0.717, 1.165) is 5.92 Å². The lowest BCUT2D eigenvalue weighted by atomic mass is 9.90. The number of hydrogen-bond donors (Lipinski definition) is 0. The highest BCUT2D eigenvalue weighted by molar-refractivity contribution is 9.09. The van der Waals surface area contributed by atoms with Crippen LogP contribution in [0.25, 0.3) is 0 Å². The summed E-state index contributed by atoms with van der Waals surface area (Å²) in [6.07, 6.45) is 4.20. The quantitative estimate of drug-likeness (QED) is 0.637. The fraction of sp³-hybridized carbons (Fsp3) is 1.00. The lowest BCUT2D eigenvalue weighted by Gasteiger charge is -2.18. The van der Waals surface area contributed by atoms with Gasteiger partial charge in [-0.1, -0.05) is 50.0 Å². The van der Waals surface area contributed by atoms with Crippen molar-refractivity contribution < 1.29 is 0 Å². The molecule has 0 aromatic rings. The van der Waals surface area contributed by atoms with Crippen molar-refractivity contribution in [3.63, 3.8) is 0 Å². The third-order valence-corrected chi connectivity index (χ3v) is 4.62. The summed E-state index contributed by atoms with van der Waals surface area (Å²) >= 11 is 3.66. The molecule has 0 aliphatic heterocycles. The molecule has 0 saturated heterocycles. The molecule has 0 amide bonds. The molecule has 1 rings (SSSR count). The van der Waals surface area contributed by atoms with E-state index in [0.29, 0.717) is 10.8 Å². The molecule has 0 aromatic heterocycles. The van der Waals surface area contributed by atoms with Gasteiger partial charge in [0.05, 0.1) is 0 Å². The van der Waals surface area contributed by atoms with Crippen LogP contribution in [0.3, 0.4) is 0 Å². The van der Waals surface area contributed by atoms with Gasteiger partial charge in [-0.3, -0.25) is 0 Å². The van der Waals surface area contributed by atoms with Crippen molar-refractivity contribution in [3.05, 3.63) is 0 Å². The Balaban J connectivity index is 2.40. The first kappa shape index (κ1) is 10.6. The molecule has 1 unspecified atom stereocenters. The van der Waals surface area contributed by atoms with Crippen LogP contribution < -0.4 is 0 Å². The molecule has 0 aromatic carbocycles. The average molecular weight is 233 g/mol. The Morgan fingerprint density at radius 3 is 2.08 bits per heavy atom. The summed E-state index contributed by atoms with van der Waals surface area (Å²) in [5, 5.41) is 1.19. The molecular formula is C11H21Br. The van der Waals surface area contributed by atoms with Gasteiger partial charge in [0, 0.05) is 5.33 Å². The van der Waals surface area contributed by atoms with Crippen LogP contribution in [0.4, 0.5) is 0 Å². The standard InChI is InChI=1S/C11H21Br/c1-9(2)5-6-11(8-12)7-10(11,3)4/h9H,5-8H2,1-4H3. The molecule has 1 saturated carbocycles. The third-order valence-electron chi connectivity index (χ3n) is 3.55. The zero-order valence-electron chi connectivity index (χ0n) is 8.78. The van der Waals surface area contributed by atoms with Gasteiger partial charge in [0.25, 0.3) is 0 Å². The van der Waals surface area contributed by atoms with Gasteiger partial charge in [0.15, 0.2) is 0 Å². The van der Waals surface area contributed by atoms with Gasteiger partial charge in [0.1, 0.15) is 0 Å². The van der Waals surface area contributed by atoms with Gasteiger partial charge in [-0.25, -0.2) is 0 Å². The first-order valence-corrected chi connectivity index (χ1v) is 6.12. The molecule has 0 nitrogen and oxygen atoms in total. The van der Waals surface area contributed by atoms with Gasteiger partial charge in [-0.15, -0.1) is 0 Å². The van der Waals surface area contributed by atoms with E-state index in [1.165, 1.54) is 24.6 Å². The zero-order valence-corrected chi connectivity index (χ0v) is 10.4. The van der Waals surface area contributed by atoms with E-state index in [-0.39, 0.29) is 0 Å². The van der Waals surface area contributed by atoms with Gasteiger partial charge >= 0.3 is 0 Å². The van der Waals surface area contributed by atoms with Crippen LogP contribution in [0.5, 0.6) is 0 Å². The zero-order chi connectivity index (χ0) is 9.41. The summed E-state index contributed by atoms with van der Waals surface area (Å²) < 4.78 is 0. The van der Waals surface area contributed by atoms with Crippen LogP contribution in [-0.2, 0) is 0 Å². The molecular weight excluding hydrogens is 212 g/mol. The second-order valence-corrected chi connectivity index (χ2v) is 5.97. The molecule has 0 N–H and O–H groups in total. The predicted molar refractivity (Wildman–Crippen MR) is 58.7 cm³/mol. The molecule has 1 aliphatic carbocycles. The molecule has 0 spiro atoms. The van der Waals surface area contributed by atoms with Crippen LogP contribution >= 0.6 is 15.9 Å². The molecule has 0 heterocycles. The number of hydrogen-bond acceptors (Lipinski definition) is 0. The Labute approximate surface area is 85.3 Å². The van der Waals surface area contributed by atoms with Crippen molar-refractivity contribution in [1.82, 2.24) is 0 Å². The van der Waals surface area contributed by atoms with Crippen molar-refractivity contribution in [3.8, 4) is 0 Å². The Hall–Kier alpha value is 0.480. The van der Waals surface area contributed by atoms with Crippen LogP contribution in [0, 0.1) is 16.7 Å². The summed E-state index contributed by atoms with van der Waals surface area (Å²) in [7, 11) is 0. The van der Waals surface area contributed by atoms with Gasteiger partial charge < -0.3 is 0 Å². The molecule has 72 valence electrons. The summed E-state index contributed by atoms with van der Waals surface area (Å²) in [5.74, 6) is 0.859. The van der Waals surface area contributed by atoms with Crippen molar-refractivity contribution in [1.29, 1.82) is 0 Å². The minimum atomic E-state index is 0.603. The highest BCUT2D eigenvalue weighted by atomic mass is 79.9.